The second kappa shape index (κ2) is 13.3. The molecule has 0 aliphatic heterocycles. The van der Waals surface area contributed by atoms with Gasteiger partial charge in [-0.05, 0) is 56.0 Å². The van der Waals surface area contributed by atoms with Gasteiger partial charge in [-0.15, -0.1) is 0 Å². The summed E-state index contributed by atoms with van der Waals surface area (Å²) in [5, 5.41) is 2.91. The molecule has 0 unspecified atom stereocenters. The lowest BCUT2D eigenvalue weighted by Gasteiger charge is -2.32. The lowest BCUT2D eigenvalue weighted by atomic mass is 10.1. The standard InChI is InChI=1S/C26H35F2N3O4S/c1-5-19(3)29-26(33)23(6-2)30(18-20-13-15-21(27)16-14-20)25(32)12-9-17-31(36(4,34)35)24-11-8-7-10-22(24)28/h7-8,10-11,13-16,19,23H,5-6,9,12,17-18H2,1-4H3,(H,29,33)/t19-,23+/m1/s1. The zero-order valence-electron chi connectivity index (χ0n) is 21.2. The minimum Gasteiger partial charge on any atom is -0.352 e. The van der Waals surface area contributed by atoms with E-state index in [9.17, 15) is 26.8 Å². The molecule has 0 saturated carbocycles. The molecule has 2 atom stereocenters. The predicted molar refractivity (Wildman–Crippen MR) is 137 cm³/mol. The lowest BCUT2D eigenvalue weighted by Crippen LogP contribution is -2.50. The normalized spacial score (nSPS) is 13.1. The number of halogens is 2. The molecule has 0 aliphatic carbocycles. The van der Waals surface area contributed by atoms with Gasteiger partial charge in [0.15, 0.2) is 0 Å². The molecule has 0 bridgehead atoms. The van der Waals surface area contributed by atoms with Crippen LogP contribution in [-0.4, -0.2) is 50.0 Å². The Morgan fingerprint density at radius 3 is 2.19 bits per heavy atom. The van der Waals surface area contributed by atoms with Crippen LogP contribution in [0.1, 0.15) is 52.0 Å². The Morgan fingerprint density at radius 1 is 1.00 bits per heavy atom. The molecular formula is C26H35F2N3O4S. The van der Waals surface area contributed by atoms with Gasteiger partial charge in [-0.25, -0.2) is 17.2 Å². The molecule has 2 aromatic rings. The Labute approximate surface area is 212 Å². The summed E-state index contributed by atoms with van der Waals surface area (Å²) in [5.41, 5.74) is 0.568. The Morgan fingerprint density at radius 2 is 1.64 bits per heavy atom. The SMILES string of the molecule is CC[C@@H](C)NC(=O)[C@H](CC)N(Cc1ccc(F)cc1)C(=O)CCCN(c1ccccc1F)S(C)(=O)=O. The van der Waals surface area contributed by atoms with E-state index in [1.807, 2.05) is 13.8 Å². The van der Waals surface area contributed by atoms with Crippen molar-refractivity contribution in [2.24, 2.45) is 0 Å². The number of para-hydroxylation sites is 1. The number of amides is 2. The monoisotopic (exact) mass is 523 g/mol. The van der Waals surface area contributed by atoms with Gasteiger partial charge in [-0.2, -0.15) is 0 Å². The first-order valence-electron chi connectivity index (χ1n) is 12.0. The van der Waals surface area contributed by atoms with Gasteiger partial charge in [0.1, 0.15) is 17.7 Å². The number of sulfonamides is 1. The van der Waals surface area contributed by atoms with Crippen LogP contribution in [0.3, 0.4) is 0 Å². The predicted octanol–water partition coefficient (Wildman–Crippen LogP) is 4.23. The molecule has 0 saturated heterocycles. The van der Waals surface area contributed by atoms with Crippen LogP contribution in [0.25, 0.3) is 0 Å². The number of hydrogen-bond acceptors (Lipinski definition) is 4. The molecule has 7 nitrogen and oxygen atoms in total. The Bertz CT molecular complexity index is 1130. The van der Waals surface area contributed by atoms with E-state index < -0.39 is 27.7 Å². The van der Waals surface area contributed by atoms with Gasteiger partial charge in [0.2, 0.25) is 21.8 Å². The number of carbonyl (C=O) groups excluding carboxylic acids is 2. The van der Waals surface area contributed by atoms with Crippen molar-refractivity contribution in [1.29, 1.82) is 0 Å². The Balaban J connectivity index is 2.23. The summed E-state index contributed by atoms with van der Waals surface area (Å²) in [5.74, 6) is -1.73. The van der Waals surface area contributed by atoms with Crippen LogP contribution >= 0.6 is 0 Å². The maximum absolute atomic E-state index is 14.3. The number of rotatable bonds is 13. The molecule has 198 valence electrons. The molecule has 0 spiro atoms. The number of anilines is 1. The molecule has 0 aliphatic rings. The number of nitrogens with zero attached hydrogens (tertiary/aromatic N) is 2. The second-order valence-corrected chi connectivity index (χ2v) is 10.7. The van der Waals surface area contributed by atoms with Crippen molar-refractivity contribution in [3.05, 3.63) is 65.7 Å². The van der Waals surface area contributed by atoms with Crippen LogP contribution in [0.5, 0.6) is 0 Å². The highest BCUT2D eigenvalue weighted by molar-refractivity contribution is 7.92. The van der Waals surface area contributed by atoms with E-state index in [0.717, 1.165) is 17.0 Å². The molecule has 0 radical (unpaired) electrons. The highest BCUT2D eigenvalue weighted by Crippen LogP contribution is 2.22. The van der Waals surface area contributed by atoms with Crippen molar-refractivity contribution in [3.8, 4) is 0 Å². The average molecular weight is 524 g/mol. The molecule has 0 aromatic heterocycles. The van der Waals surface area contributed by atoms with Gasteiger partial charge in [0.05, 0.1) is 11.9 Å². The Hall–Kier alpha value is -3.01. The number of carbonyl (C=O) groups is 2. The van der Waals surface area contributed by atoms with Crippen LogP contribution in [-0.2, 0) is 26.2 Å². The lowest BCUT2D eigenvalue weighted by molar-refractivity contribution is -0.141. The molecule has 36 heavy (non-hydrogen) atoms. The zero-order valence-corrected chi connectivity index (χ0v) is 22.0. The molecule has 1 N–H and O–H groups in total. The quantitative estimate of drug-likeness (QED) is 0.426. The molecule has 10 heteroatoms. The summed E-state index contributed by atoms with van der Waals surface area (Å²) in [6.07, 6.45) is 2.12. The smallest absolute Gasteiger partial charge is 0.243 e. The first kappa shape index (κ1) is 29.2. The maximum atomic E-state index is 14.3. The van der Waals surface area contributed by atoms with Crippen molar-refractivity contribution in [2.75, 3.05) is 17.1 Å². The van der Waals surface area contributed by atoms with E-state index in [4.69, 9.17) is 0 Å². The highest BCUT2D eigenvalue weighted by atomic mass is 32.2. The van der Waals surface area contributed by atoms with E-state index in [0.29, 0.717) is 12.0 Å². The number of hydrogen-bond donors (Lipinski definition) is 1. The number of nitrogens with one attached hydrogen (secondary N) is 1. The minimum atomic E-state index is -3.79. The maximum Gasteiger partial charge on any atom is 0.243 e. The summed E-state index contributed by atoms with van der Waals surface area (Å²) in [4.78, 5) is 27.8. The van der Waals surface area contributed by atoms with E-state index in [1.165, 1.54) is 41.3 Å². The average Bonchev–Trinajstić information content (AvgIpc) is 2.82. The van der Waals surface area contributed by atoms with Crippen molar-refractivity contribution in [1.82, 2.24) is 10.2 Å². The van der Waals surface area contributed by atoms with Gasteiger partial charge in [-0.1, -0.05) is 38.1 Å². The largest absolute Gasteiger partial charge is 0.352 e. The number of benzene rings is 2. The fraction of sp³-hybridized carbons (Fsp3) is 0.462. The second-order valence-electron chi connectivity index (χ2n) is 8.78. The molecular weight excluding hydrogens is 488 g/mol. The van der Waals surface area contributed by atoms with Crippen molar-refractivity contribution in [2.45, 2.75) is 65.1 Å². The van der Waals surface area contributed by atoms with E-state index in [1.54, 1.807) is 19.1 Å². The topological polar surface area (TPSA) is 86.8 Å². The van der Waals surface area contributed by atoms with Crippen molar-refractivity contribution < 1.29 is 26.8 Å². The van der Waals surface area contributed by atoms with Gasteiger partial charge in [-0.3, -0.25) is 13.9 Å². The third kappa shape index (κ3) is 8.29. The van der Waals surface area contributed by atoms with E-state index in [2.05, 4.69) is 5.32 Å². The van der Waals surface area contributed by atoms with E-state index >= 15 is 0 Å². The van der Waals surface area contributed by atoms with Gasteiger partial charge in [0.25, 0.3) is 0 Å². The third-order valence-electron chi connectivity index (χ3n) is 5.93. The minimum absolute atomic E-state index is 0.0607. The molecule has 2 rings (SSSR count). The fourth-order valence-electron chi connectivity index (χ4n) is 3.78. The van der Waals surface area contributed by atoms with Crippen LogP contribution in [0.4, 0.5) is 14.5 Å². The molecule has 2 amide bonds. The summed E-state index contributed by atoms with van der Waals surface area (Å²) in [6, 6.07) is 10.4. The Kier molecular flexibility index (Phi) is 10.8. The third-order valence-corrected chi connectivity index (χ3v) is 7.11. The van der Waals surface area contributed by atoms with Crippen molar-refractivity contribution >= 4 is 27.5 Å². The van der Waals surface area contributed by atoms with Gasteiger partial charge < -0.3 is 10.2 Å². The highest BCUT2D eigenvalue weighted by Gasteiger charge is 2.29. The molecule has 2 aromatic carbocycles. The first-order valence-corrected chi connectivity index (χ1v) is 13.9. The van der Waals surface area contributed by atoms with E-state index in [-0.39, 0.29) is 49.5 Å². The zero-order chi connectivity index (χ0) is 26.9. The van der Waals surface area contributed by atoms with Crippen LogP contribution in [0, 0.1) is 11.6 Å². The summed E-state index contributed by atoms with van der Waals surface area (Å²) < 4.78 is 53.2. The van der Waals surface area contributed by atoms with Gasteiger partial charge in [0, 0.05) is 25.6 Å². The summed E-state index contributed by atoms with van der Waals surface area (Å²) in [6.45, 7) is 5.60. The summed E-state index contributed by atoms with van der Waals surface area (Å²) >= 11 is 0. The van der Waals surface area contributed by atoms with Crippen molar-refractivity contribution in [3.63, 3.8) is 0 Å². The molecule has 0 fully saturated rings. The van der Waals surface area contributed by atoms with Crippen LogP contribution in [0.2, 0.25) is 0 Å². The fourth-order valence-corrected chi connectivity index (χ4v) is 4.75. The van der Waals surface area contributed by atoms with Crippen LogP contribution < -0.4 is 9.62 Å². The summed E-state index contributed by atoms with van der Waals surface area (Å²) in [7, 11) is -3.79. The first-order chi connectivity index (χ1) is 17.0. The van der Waals surface area contributed by atoms with Crippen LogP contribution in [0.15, 0.2) is 48.5 Å². The molecule has 0 heterocycles. The van der Waals surface area contributed by atoms with Gasteiger partial charge >= 0.3 is 0 Å².